The topological polar surface area (TPSA) is 100 Å². The summed E-state index contributed by atoms with van der Waals surface area (Å²) in [6.07, 6.45) is 5.11. The highest BCUT2D eigenvalue weighted by atomic mass is 19.1. The van der Waals surface area contributed by atoms with E-state index >= 15 is 0 Å². The van der Waals surface area contributed by atoms with Crippen molar-refractivity contribution in [1.29, 1.82) is 0 Å². The number of aromatic amines is 1. The molecule has 10 heteroatoms. The summed E-state index contributed by atoms with van der Waals surface area (Å²) in [5, 5.41) is 15.1. The number of unbranched alkanes of at least 4 members (excludes halogenated alkanes) is 2. The third-order valence-corrected chi connectivity index (χ3v) is 5.11. The van der Waals surface area contributed by atoms with Gasteiger partial charge in [-0.3, -0.25) is 14.7 Å². The second-order valence-electron chi connectivity index (χ2n) is 7.91. The Morgan fingerprint density at radius 1 is 1.09 bits per heavy atom. The summed E-state index contributed by atoms with van der Waals surface area (Å²) in [6.45, 7) is 0.652. The summed E-state index contributed by atoms with van der Waals surface area (Å²) >= 11 is 0. The minimum absolute atomic E-state index is 0.0491. The molecule has 3 rings (SSSR count). The minimum atomic E-state index is -0.267. The van der Waals surface area contributed by atoms with Gasteiger partial charge in [0.25, 0.3) is 5.91 Å². The van der Waals surface area contributed by atoms with Gasteiger partial charge in [0.15, 0.2) is 5.69 Å². The zero-order valence-electron chi connectivity index (χ0n) is 18.6. The van der Waals surface area contributed by atoms with Gasteiger partial charge in [0.2, 0.25) is 5.91 Å². The van der Waals surface area contributed by atoms with Gasteiger partial charge in [-0.2, -0.15) is 5.10 Å². The van der Waals surface area contributed by atoms with Crippen LogP contribution in [0.4, 0.5) is 4.39 Å². The Morgan fingerprint density at radius 3 is 2.56 bits per heavy atom. The van der Waals surface area contributed by atoms with Gasteiger partial charge in [0.05, 0.1) is 11.9 Å². The molecule has 0 atom stereocenters. The van der Waals surface area contributed by atoms with Crippen LogP contribution in [0.25, 0.3) is 11.3 Å². The molecule has 0 fully saturated rings. The van der Waals surface area contributed by atoms with Gasteiger partial charge in [0, 0.05) is 38.9 Å². The third kappa shape index (κ3) is 6.22. The summed E-state index contributed by atoms with van der Waals surface area (Å²) in [5.74, 6) is -0.604. The number of nitrogens with zero attached hydrogens (tertiary/aromatic N) is 6. The predicted molar refractivity (Wildman–Crippen MR) is 117 cm³/mol. The molecule has 1 N–H and O–H groups in total. The van der Waals surface area contributed by atoms with E-state index in [1.54, 1.807) is 38.2 Å². The number of benzene rings is 1. The van der Waals surface area contributed by atoms with E-state index in [4.69, 9.17) is 0 Å². The number of hydrogen-bond acceptors (Lipinski definition) is 5. The summed E-state index contributed by atoms with van der Waals surface area (Å²) < 4.78 is 14.4. The SMILES string of the molecule is CN(C)C(=O)Cn1cc(C(=O)N(C)CCCCCc2cc(-c3ccc(F)cc3)n[nH]2)nn1. The molecule has 3 aromatic rings. The van der Waals surface area contributed by atoms with Crippen molar-refractivity contribution in [2.45, 2.75) is 32.2 Å². The Labute approximate surface area is 186 Å². The number of rotatable bonds is 10. The summed E-state index contributed by atoms with van der Waals surface area (Å²) in [6, 6.07) is 8.24. The lowest BCUT2D eigenvalue weighted by Crippen LogP contribution is -2.28. The number of amides is 2. The molecule has 2 heterocycles. The number of hydrogen-bond donors (Lipinski definition) is 1. The first kappa shape index (κ1) is 23.1. The minimum Gasteiger partial charge on any atom is -0.347 e. The Balaban J connectivity index is 1.38. The fourth-order valence-electron chi connectivity index (χ4n) is 3.15. The van der Waals surface area contributed by atoms with Crippen molar-refractivity contribution in [2.75, 3.05) is 27.7 Å². The van der Waals surface area contributed by atoms with Gasteiger partial charge in [0.1, 0.15) is 12.4 Å². The first-order valence-electron chi connectivity index (χ1n) is 10.5. The van der Waals surface area contributed by atoms with Crippen molar-refractivity contribution in [3.63, 3.8) is 0 Å². The molecule has 0 aliphatic rings. The fraction of sp³-hybridized carbons (Fsp3) is 0.409. The molecule has 0 aliphatic carbocycles. The van der Waals surface area contributed by atoms with E-state index in [0.717, 1.165) is 42.6 Å². The molecule has 1 aromatic carbocycles. The zero-order valence-corrected chi connectivity index (χ0v) is 18.6. The molecule has 0 saturated heterocycles. The van der Waals surface area contributed by atoms with E-state index in [0.29, 0.717) is 6.54 Å². The summed E-state index contributed by atoms with van der Waals surface area (Å²) in [4.78, 5) is 27.3. The van der Waals surface area contributed by atoms with E-state index in [1.807, 2.05) is 6.07 Å². The van der Waals surface area contributed by atoms with Crippen molar-refractivity contribution in [1.82, 2.24) is 35.0 Å². The standard InChI is InChI=1S/C22H28FN7O2/c1-28(2)21(31)15-30-14-20(26-27-30)22(32)29(3)12-6-4-5-7-18-13-19(25-24-18)16-8-10-17(23)11-9-16/h8-11,13-14H,4-7,12,15H2,1-3H3,(H,24,25). The molecule has 0 unspecified atom stereocenters. The maximum atomic E-state index is 13.0. The second-order valence-corrected chi connectivity index (χ2v) is 7.91. The van der Waals surface area contributed by atoms with Crippen LogP contribution in [0, 0.1) is 5.82 Å². The molecule has 170 valence electrons. The van der Waals surface area contributed by atoms with Crippen molar-refractivity contribution in [3.8, 4) is 11.3 Å². The number of nitrogens with one attached hydrogen (secondary N) is 1. The molecule has 32 heavy (non-hydrogen) atoms. The van der Waals surface area contributed by atoms with E-state index < -0.39 is 0 Å². The molecule has 0 radical (unpaired) electrons. The fourth-order valence-corrected chi connectivity index (χ4v) is 3.15. The number of carbonyl (C=O) groups is 2. The van der Waals surface area contributed by atoms with Crippen LogP contribution in [0.5, 0.6) is 0 Å². The molecule has 0 spiro atoms. The normalized spacial score (nSPS) is 10.9. The van der Waals surface area contributed by atoms with Crippen molar-refractivity contribution >= 4 is 11.8 Å². The Bertz CT molecular complexity index is 1040. The van der Waals surface area contributed by atoms with E-state index in [-0.39, 0.29) is 29.9 Å². The molecule has 0 bridgehead atoms. The van der Waals surface area contributed by atoms with Crippen LogP contribution < -0.4 is 0 Å². The van der Waals surface area contributed by atoms with Gasteiger partial charge < -0.3 is 9.80 Å². The third-order valence-electron chi connectivity index (χ3n) is 5.11. The number of aromatic nitrogens is 5. The maximum Gasteiger partial charge on any atom is 0.275 e. The maximum absolute atomic E-state index is 13.0. The summed E-state index contributed by atoms with van der Waals surface area (Å²) in [7, 11) is 5.06. The number of likely N-dealkylation sites (N-methyl/N-ethyl adjacent to an activating group) is 1. The van der Waals surface area contributed by atoms with Gasteiger partial charge in [-0.15, -0.1) is 5.10 Å². The lowest BCUT2D eigenvalue weighted by Gasteiger charge is -2.15. The predicted octanol–water partition coefficient (Wildman–Crippen LogP) is 2.38. The number of halogens is 1. The number of carbonyl (C=O) groups excluding carboxylic acids is 2. The van der Waals surface area contributed by atoms with Crippen LogP contribution in [0.1, 0.15) is 35.4 Å². The van der Waals surface area contributed by atoms with Crippen molar-refractivity contribution < 1.29 is 14.0 Å². The van der Waals surface area contributed by atoms with Crippen LogP contribution in [0.15, 0.2) is 36.5 Å². The summed E-state index contributed by atoms with van der Waals surface area (Å²) in [5.41, 5.74) is 2.92. The van der Waals surface area contributed by atoms with Gasteiger partial charge in [-0.25, -0.2) is 9.07 Å². The molecular formula is C22H28FN7O2. The number of aryl methyl sites for hydroxylation is 1. The van der Waals surface area contributed by atoms with E-state index in [9.17, 15) is 14.0 Å². The smallest absolute Gasteiger partial charge is 0.275 e. The molecule has 9 nitrogen and oxygen atoms in total. The number of H-pyrrole nitrogens is 1. The lowest BCUT2D eigenvalue weighted by molar-refractivity contribution is -0.129. The monoisotopic (exact) mass is 441 g/mol. The Morgan fingerprint density at radius 2 is 1.84 bits per heavy atom. The highest BCUT2D eigenvalue weighted by molar-refractivity contribution is 5.91. The first-order chi connectivity index (χ1) is 15.3. The first-order valence-corrected chi connectivity index (χ1v) is 10.5. The van der Waals surface area contributed by atoms with Gasteiger partial charge >= 0.3 is 0 Å². The van der Waals surface area contributed by atoms with Crippen LogP contribution >= 0.6 is 0 Å². The largest absolute Gasteiger partial charge is 0.347 e. The van der Waals surface area contributed by atoms with Crippen molar-refractivity contribution in [3.05, 3.63) is 53.7 Å². The van der Waals surface area contributed by atoms with Gasteiger partial charge in [-0.1, -0.05) is 11.6 Å². The average molecular weight is 442 g/mol. The highest BCUT2D eigenvalue weighted by Gasteiger charge is 2.16. The van der Waals surface area contributed by atoms with E-state index in [1.165, 1.54) is 27.9 Å². The molecule has 2 aromatic heterocycles. The van der Waals surface area contributed by atoms with Crippen molar-refractivity contribution in [2.24, 2.45) is 0 Å². The molecule has 0 saturated carbocycles. The molecular weight excluding hydrogens is 413 g/mol. The Kier molecular flexibility index (Phi) is 7.69. The quantitative estimate of drug-likeness (QED) is 0.487. The zero-order chi connectivity index (χ0) is 23.1. The highest BCUT2D eigenvalue weighted by Crippen LogP contribution is 2.19. The van der Waals surface area contributed by atoms with Crippen LogP contribution in [0.2, 0.25) is 0 Å². The Hall–Kier alpha value is -3.56. The lowest BCUT2D eigenvalue weighted by atomic mass is 10.1. The van der Waals surface area contributed by atoms with Crippen LogP contribution in [-0.4, -0.2) is 74.5 Å². The average Bonchev–Trinajstić information content (AvgIpc) is 3.43. The molecule has 0 aliphatic heterocycles. The molecule has 2 amide bonds. The van der Waals surface area contributed by atoms with Gasteiger partial charge in [-0.05, 0) is 49.6 Å². The van der Waals surface area contributed by atoms with E-state index in [2.05, 4.69) is 20.5 Å². The van der Waals surface area contributed by atoms with Crippen LogP contribution in [-0.2, 0) is 17.8 Å². The second kappa shape index (κ2) is 10.7. The van der Waals surface area contributed by atoms with Crippen LogP contribution in [0.3, 0.4) is 0 Å².